The van der Waals surface area contributed by atoms with E-state index in [1.165, 1.54) is 12.1 Å². The van der Waals surface area contributed by atoms with Crippen LogP contribution >= 0.6 is 28.3 Å². The van der Waals surface area contributed by atoms with Gasteiger partial charge in [0.2, 0.25) is 0 Å². The van der Waals surface area contributed by atoms with Gasteiger partial charge in [0.05, 0.1) is 0 Å². The van der Waals surface area contributed by atoms with Crippen LogP contribution < -0.4 is 5.73 Å². The van der Waals surface area contributed by atoms with Gasteiger partial charge in [-0.2, -0.15) is 0 Å². The Bertz CT molecular complexity index is 317. The van der Waals surface area contributed by atoms with E-state index in [1.54, 1.807) is 6.07 Å². The lowest BCUT2D eigenvalue weighted by Crippen LogP contribution is -2.13. The molecule has 0 unspecified atom stereocenters. The number of nitrogens with two attached hydrogens (primary N) is 1. The van der Waals surface area contributed by atoms with Crippen LogP contribution in [0.15, 0.2) is 22.7 Å². The van der Waals surface area contributed by atoms with Gasteiger partial charge in [0.25, 0.3) is 0 Å². The molecule has 86 valence electrons. The van der Waals surface area contributed by atoms with Crippen LogP contribution in [0.5, 0.6) is 0 Å². The standard InChI is InChI=1S/C11H15BrFN.ClH/c1-7(2)5-11(14)9-4-3-8(13)6-10(9)12;/h3-4,6-7,11H,5,14H2,1-2H3;1H/t11-;/m1./s1. The van der Waals surface area contributed by atoms with Crippen molar-refractivity contribution in [1.29, 1.82) is 0 Å². The van der Waals surface area contributed by atoms with Crippen LogP contribution in [0.2, 0.25) is 0 Å². The van der Waals surface area contributed by atoms with Crippen molar-refractivity contribution in [2.45, 2.75) is 26.3 Å². The van der Waals surface area contributed by atoms with Crippen molar-refractivity contribution >= 4 is 28.3 Å². The van der Waals surface area contributed by atoms with E-state index in [4.69, 9.17) is 5.73 Å². The molecule has 1 aromatic rings. The number of halogens is 3. The van der Waals surface area contributed by atoms with Gasteiger partial charge in [-0.1, -0.05) is 35.8 Å². The maximum absolute atomic E-state index is 12.8. The summed E-state index contributed by atoms with van der Waals surface area (Å²) in [4.78, 5) is 0. The Morgan fingerprint density at radius 3 is 2.47 bits per heavy atom. The summed E-state index contributed by atoms with van der Waals surface area (Å²) in [5.41, 5.74) is 6.97. The van der Waals surface area contributed by atoms with Gasteiger partial charge in [0.1, 0.15) is 5.82 Å². The predicted octanol–water partition coefficient (Wildman–Crippen LogP) is 4.06. The lowest BCUT2D eigenvalue weighted by Gasteiger charge is -2.15. The first-order valence-electron chi connectivity index (χ1n) is 4.71. The molecule has 0 fully saturated rings. The average molecular weight is 297 g/mol. The van der Waals surface area contributed by atoms with E-state index in [9.17, 15) is 4.39 Å². The molecular formula is C11H16BrClFN. The summed E-state index contributed by atoms with van der Waals surface area (Å²) >= 11 is 3.32. The van der Waals surface area contributed by atoms with E-state index in [0.29, 0.717) is 5.92 Å². The largest absolute Gasteiger partial charge is 0.324 e. The van der Waals surface area contributed by atoms with Gasteiger partial charge in [-0.15, -0.1) is 12.4 Å². The van der Waals surface area contributed by atoms with Crippen LogP contribution in [0.1, 0.15) is 31.9 Å². The van der Waals surface area contributed by atoms with Crippen molar-refractivity contribution < 1.29 is 4.39 Å². The Kier molecular flexibility index (Phi) is 6.41. The molecule has 0 aliphatic carbocycles. The summed E-state index contributed by atoms with van der Waals surface area (Å²) in [6.07, 6.45) is 0.907. The average Bonchev–Trinajstić information content (AvgIpc) is 2.01. The normalized spacial score (nSPS) is 12.4. The monoisotopic (exact) mass is 295 g/mol. The van der Waals surface area contributed by atoms with Crippen LogP contribution in [-0.2, 0) is 0 Å². The summed E-state index contributed by atoms with van der Waals surface area (Å²) < 4.78 is 13.6. The van der Waals surface area contributed by atoms with Gasteiger partial charge in [0, 0.05) is 10.5 Å². The molecule has 0 aliphatic rings. The first-order chi connectivity index (χ1) is 6.50. The Morgan fingerprint density at radius 1 is 1.40 bits per heavy atom. The summed E-state index contributed by atoms with van der Waals surface area (Å²) in [6, 6.07) is 4.62. The van der Waals surface area contributed by atoms with Crippen molar-refractivity contribution in [3.05, 3.63) is 34.1 Å². The Labute approximate surface area is 105 Å². The van der Waals surface area contributed by atoms with Gasteiger partial charge in [-0.05, 0) is 30.0 Å². The van der Waals surface area contributed by atoms with E-state index >= 15 is 0 Å². The van der Waals surface area contributed by atoms with Crippen molar-refractivity contribution in [1.82, 2.24) is 0 Å². The van der Waals surface area contributed by atoms with Crippen molar-refractivity contribution in [3.8, 4) is 0 Å². The van der Waals surface area contributed by atoms with Crippen molar-refractivity contribution in [3.63, 3.8) is 0 Å². The molecule has 0 saturated carbocycles. The highest BCUT2D eigenvalue weighted by Crippen LogP contribution is 2.26. The first-order valence-corrected chi connectivity index (χ1v) is 5.50. The zero-order valence-electron chi connectivity index (χ0n) is 8.84. The molecule has 1 nitrogen and oxygen atoms in total. The number of hydrogen-bond acceptors (Lipinski definition) is 1. The fourth-order valence-corrected chi connectivity index (χ4v) is 2.08. The number of hydrogen-bond donors (Lipinski definition) is 1. The number of rotatable bonds is 3. The molecule has 0 spiro atoms. The maximum Gasteiger partial charge on any atom is 0.124 e. The highest BCUT2D eigenvalue weighted by Gasteiger charge is 2.11. The summed E-state index contributed by atoms with van der Waals surface area (Å²) in [5, 5.41) is 0. The van der Waals surface area contributed by atoms with Gasteiger partial charge < -0.3 is 5.73 Å². The fraction of sp³-hybridized carbons (Fsp3) is 0.455. The molecule has 0 aliphatic heterocycles. The Morgan fingerprint density at radius 2 is 2.00 bits per heavy atom. The molecular weight excluding hydrogens is 280 g/mol. The molecule has 0 radical (unpaired) electrons. The van der Waals surface area contributed by atoms with Gasteiger partial charge in [-0.3, -0.25) is 0 Å². The third-order valence-electron chi connectivity index (χ3n) is 2.09. The smallest absolute Gasteiger partial charge is 0.124 e. The lowest BCUT2D eigenvalue weighted by molar-refractivity contribution is 0.508. The molecule has 2 N–H and O–H groups in total. The van der Waals surface area contributed by atoms with Crippen LogP contribution in [0.4, 0.5) is 4.39 Å². The Balaban J connectivity index is 0.00000196. The summed E-state index contributed by atoms with van der Waals surface area (Å²) in [5.74, 6) is 0.305. The Hall–Kier alpha value is -0.120. The second-order valence-corrected chi connectivity index (χ2v) is 4.76. The predicted molar refractivity (Wildman–Crippen MR) is 67.7 cm³/mol. The molecule has 0 bridgehead atoms. The van der Waals surface area contributed by atoms with Crippen molar-refractivity contribution in [2.24, 2.45) is 11.7 Å². The van der Waals surface area contributed by atoms with E-state index in [1.807, 2.05) is 0 Å². The highest BCUT2D eigenvalue weighted by atomic mass is 79.9. The molecule has 4 heteroatoms. The highest BCUT2D eigenvalue weighted by molar-refractivity contribution is 9.10. The topological polar surface area (TPSA) is 26.0 Å². The molecule has 0 saturated heterocycles. The second kappa shape index (κ2) is 6.46. The van der Waals surface area contributed by atoms with Crippen LogP contribution in [0.25, 0.3) is 0 Å². The van der Waals surface area contributed by atoms with Crippen LogP contribution in [0, 0.1) is 11.7 Å². The zero-order valence-corrected chi connectivity index (χ0v) is 11.2. The fourth-order valence-electron chi connectivity index (χ4n) is 1.44. The quantitative estimate of drug-likeness (QED) is 0.894. The van der Waals surface area contributed by atoms with Gasteiger partial charge >= 0.3 is 0 Å². The lowest BCUT2D eigenvalue weighted by atomic mass is 9.98. The minimum Gasteiger partial charge on any atom is -0.324 e. The van der Waals surface area contributed by atoms with Gasteiger partial charge in [-0.25, -0.2) is 4.39 Å². The van der Waals surface area contributed by atoms with Crippen LogP contribution in [-0.4, -0.2) is 0 Å². The van der Waals surface area contributed by atoms with E-state index < -0.39 is 0 Å². The molecule has 1 atom stereocenters. The molecule has 0 aromatic heterocycles. The summed E-state index contributed by atoms with van der Waals surface area (Å²) in [6.45, 7) is 4.24. The zero-order chi connectivity index (χ0) is 10.7. The molecule has 0 heterocycles. The van der Waals surface area contributed by atoms with Gasteiger partial charge in [0.15, 0.2) is 0 Å². The SMILES string of the molecule is CC(C)C[C@@H](N)c1ccc(F)cc1Br.Cl. The first kappa shape index (κ1) is 14.9. The molecule has 0 amide bonds. The third kappa shape index (κ3) is 4.49. The summed E-state index contributed by atoms with van der Waals surface area (Å²) in [7, 11) is 0. The maximum atomic E-state index is 12.8. The van der Waals surface area contributed by atoms with Crippen molar-refractivity contribution in [2.75, 3.05) is 0 Å². The molecule has 1 rings (SSSR count). The minimum absolute atomic E-state index is 0. The minimum atomic E-state index is -0.239. The molecule has 1 aromatic carbocycles. The third-order valence-corrected chi connectivity index (χ3v) is 2.77. The molecule has 15 heavy (non-hydrogen) atoms. The number of benzene rings is 1. The van der Waals surface area contributed by atoms with E-state index in [2.05, 4.69) is 29.8 Å². The van der Waals surface area contributed by atoms with E-state index in [-0.39, 0.29) is 24.3 Å². The van der Waals surface area contributed by atoms with E-state index in [0.717, 1.165) is 16.5 Å². The van der Waals surface area contributed by atoms with Crippen LogP contribution in [0.3, 0.4) is 0 Å². The second-order valence-electron chi connectivity index (χ2n) is 3.90.